The van der Waals surface area contributed by atoms with Crippen molar-refractivity contribution in [3.8, 4) is 17.2 Å². The molecular weight excluding hydrogens is 406 g/mol. The maximum Gasteiger partial charge on any atom is 0.263 e. The maximum atomic E-state index is 13.0. The Hall–Kier alpha value is -3.11. The van der Waals surface area contributed by atoms with Crippen LogP contribution in [0, 0.1) is 11.3 Å². The fourth-order valence-electron chi connectivity index (χ4n) is 4.27. The minimum Gasteiger partial charge on any atom is -0.397 e. The minimum absolute atomic E-state index is 0.151. The van der Waals surface area contributed by atoms with Gasteiger partial charge in [0.1, 0.15) is 27.2 Å². The number of pyridine rings is 1. The second kappa shape index (κ2) is 8.56. The number of anilines is 2. The van der Waals surface area contributed by atoms with E-state index in [0.29, 0.717) is 32.3 Å². The third kappa shape index (κ3) is 3.96. The highest BCUT2D eigenvalue weighted by Gasteiger charge is 2.26. The van der Waals surface area contributed by atoms with Crippen molar-refractivity contribution < 1.29 is 4.79 Å². The number of hydrogen-bond donors (Lipinski definition) is 3. The standard InChI is InChI=1S/C24H27N5OS/c1-13(2)14-8-10-15(11-9-14)18-17(12-25)22(27)29-24-19(18)20(26)21(31-24)23(30)28-16-6-4-3-5-7-16/h8-11,13,16H,3-7,26H2,1-2H3,(H2,27,29)(H,28,30). The van der Waals surface area contributed by atoms with E-state index >= 15 is 0 Å². The molecule has 4 rings (SSSR count). The number of benzene rings is 1. The summed E-state index contributed by atoms with van der Waals surface area (Å²) in [6.07, 6.45) is 5.47. The van der Waals surface area contributed by atoms with Gasteiger partial charge in [0.25, 0.3) is 5.91 Å². The van der Waals surface area contributed by atoms with Gasteiger partial charge in [-0.05, 0) is 29.9 Å². The molecule has 0 atom stereocenters. The first kappa shape index (κ1) is 21.1. The van der Waals surface area contributed by atoms with Gasteiger partial charge in [-0.15, -0.1) is 11.3 Å². The number of aromatic nitrogens is 1. The number of hydrogen-bond acceptors (Lipinski definition) is 6. The molecule has 1 aromatic carbocycles. The summed E-state index contributed by atoms with van der Waals surface area (Å²) >= 11 is 1.23. The van der Waals surface area contributed by atoms with Crippen LogP contribution in [0.1, 0.15) is 72.7 Å². The highest BCUT2D eigenvalue weighted by Crippen LogP contribution is 2.42. The van der Waals surface area contributed by atoms with Crippen molar-refractivity contribution in [1.29, 1.82) is 5.26 Å². The number of nitrogens with one attached hydrogen (secondary N) is 1. The molecule has 0 bridgehead atoms. The Morgan fingerprint density at radius 2 is 1.87 bits per heavy atom. The van der Waals surface area contributed by atoms with Gasteiger partial charge in [-0.25, -0.2) is 4.98 Å². The molecule has 2 aromatic heterocycles. The van der Waals surface area contributed by atoms with Gasteiger partial charge in [-0.3, -0.25) is 4.79 Å². The summed E-state index contributed by atoms with van der Waals surface area (Å²) in [6.45, 7) is 4.26. The molecule has 1 fully saturated rings. The smallest absolute Gasteiger partial charge is 0.263 e. The van der Waals surface area contributed by atoms with Crippen molar-refractivity contribution in [1.82, 2.24) is 10.3 Å². The van der Waals surface area contributed by atoms with E-state index in [2.05, 4.69) is 30.2 Å². The van der Waals surface area contributed by atoms with Gasteiger partial charge in [-0.2, -0.15) is 5.26 Å². The van der Waals surface area contributed by atoms with Crippen molar-refractivity contribution in [3.63, 3.8) is 0 Å². The molecule has 31 heavy (non-hydrogen) atoms. The molecule has 0 spiro atoms. The first-order valence-electron chi connectivity index (χ1n) is 10.7. The quantitative estimate of drug-likeness (QED) is 0.523. The number of carbonyl (C=O) groups is 1. The van der Waals surface area contributed by atoms with Crippen LogP contribution in [0.3, 0.4) is 0 Å². The number of amides is 1. The third-order valence-corrected chi connectivity index (χ3v) is 7.13. The lowest BCUT2D eigenvalue weighted by Crippen LogP contribution is -2.36. The first-order chi connectivity index (χ1) is 14.9. The summed E-state index contributed by atoms with van der Waals surface area (Å²) in [5.74, 6) is 0.373. The van der Waals surface area contributed by atoms with Gasteiger partial charge in [-0.1, -0.05) is 57.4 Å². The molecule has 0 radical (unpaired) electrons. The molecule has 0 saturated heterocycles. The maximum absolute atomic E-state index is 13.0. The minimum atomic E-state index is -0.175. The molecule has 6 nitrogen and oxygen atoms in total. The predicted molar refractivity (Wildman–Crippen MR) is 127 cm³/mol. The van der Waals surface area contributed by atoms with E-state index in [4.69, 9.17) is 11.5 Å². The zero-order valence-corrected chi connectivity index (χ0v) is 18.7. The van der Waals surface area contributed by atoms with Crippen molar-refractivity contribution in [2.75, 3.05) is 11.5 Å². The van der Waals surface area contributed by atoms with E-state index in [1.165, 1.54) is 23.3 Å². The molecule has 5 N–H and O–H groups in total. The van der Waals surface area contributed by atoms with Crippen LogP contribution in [0.4, 0.5) is 11.5 Å². The molecule has 0 unspecified atom stereocenters. The Kier molecular flexibility index (Phi) is 5.84. The molecule has 1 amide bonds. The second-order valence-corrected chi connectivity index (χ2v) is 9.47. The first-order valence-corrected chi connectivity index (χ1v) is 11.5. The fourth-order valence-corrected chi connectivity index (χ4v) is 5.29. The lowest BCUT2D eigenvalue weighted by Gasteiger charge is -2.22. The van der Waals surface area contributed by atoms with Crippen molar-refractivity contribution in [3.05, 3.63) is 40.3 Å². The summed E-state index contributed by atoms with van der Waals surface area (Å²) < 4.78 is 0. The second-order valence-electron chi connectivity index (χ2n) is 8.47. The SMILES string of the molecule is CC(C)c1ccc(-c2c(C#N)c(N)nc3sc(C(=O)NC4CCCCC4)c(N)c23)cc1. The van der Waals surface area contributed by atoms with Gasteiger partial charge < -0.3 is 16.8 Å². The van der Waals surface area contributed by atoms with E-state index in [-0.39, 0.29) is 23.3 Å². The predicted octanol–water partition coefficient (Wildman–Crippen LogP) is 5.19. The zero-order chi connectivity index (χ0) is 22.1. The normalized spacial score (nSPS) is 14.6. The fraction of sp³-hybridized carbons (Fsp3) is 0.375. The average molecular weight is 434 g/mol. The number of nitrogens with zero attached hydrogens (tertiary/aromatic N) is 2. The number of nitrogen functional groups attached to an aromatic ring is 2. The number of fused-ring (bicyclic) bond motifs is 1. The van der Waals surface area contributed by atoms with Crippen LogP contribution in [0.25, 0.3) is 21.3 Å². The van der Waals surface area contributed by atoms with E-state index in [9.17, 15) is 10.1 Å². The van der Waals surface area contributed by atoms with Gasteiger partial charge >= 0.3 is 0 Å². The van der Waals surface area contributed by atoms with Crippen LogP contribution < -0.4 is 16.8 Å². The lowest BCUT2D eigenvalue weighted by molar-refractivity contribution is 0.0932. The van der Waals surface area contributed by atoms with E-state index in [1.807, 2.05) is 24.3 Å². The largest absolute Gasteiger partial charge is 0.397 e. The van der Waals surface area contributed by atoms with Crippen LogP contribution in [0.15, 0.2) is 24.3 Å². The summed E-state index contributed by atoms with van der Waals surface area (Å²) in [5.41, 5.74) is 16.0. The molecular formula is C24H27N5OS. The van der Waals surface area contributed by atoms with Gasteiger partial charge in [0, 0.05) is 17.0 Å². The number of thiophene rings is 1. The van der Waals surface area contributed by atoms with Gasteiger partial charge in [0.15, 0.2) is 0 Å². The van der Waals surface area contributed by atoms with Crippen molar-refractivity contribution in [2.24, 2.45) is 0 Å². The number of carbonyl (C=O) groups excluding carboxylic acids is 1. The highest BCUT2D eigenvalue weighted by molar-refractivity contribution is 7.21. The molecule has 1 aliphatic carbocycles. The molecule has 3 aromatic rings. The average Bonchev–Trinajstić information content (AvgIpc) is 3.09. The van der Waals surface area contributed by atoms with Gasteiger partial charge in [0.2, 0.25) is 0 Å². The Bertz CT molecular complexity index is 1170. The lowest BCUT2D eigenvalue weighted by atomic mass is 9.94. The Morgan fingerprint density at radius 3 is 2.48 bits per heavy atom. The van der Waals surface area contributed by atoms with Gasteiger partial charge in [0.05, 0.1) is 5.69 Å². The van der Waals surface area contributed by atoms with E-state index in [1.54, 1.807) is 0 Å². The monoisotopic (exact) mass is 433 g/mol. The number of rotatable bonds is 4. The van der Waals surface area contributed by atoms with Crippen LogP contribution in [0.5, 0.6) is 0 Å². The van der Waals surface area contributed by atoms with E-state index in [0.717, 1.165) is 31.2 Å². The van der Waals surface area contributed by atoms with Crippen LogP contribution in [-0.2, 0) is 0 Å². The molecule has 1 saturated carbocycles. The third-order valence-electron chi connectivity index (χ3n) is 6.03. The summed E-state index contributed by atoms with van der Waals surface area (Å²) in [6, 6.07) is 10.4. The summed E-state index contributed by atoms with van der Waals surface area (Å²) in [7, 11) is 0. The zero-order valence-electron chi connectivity index (χ0n) is 17.9. The molecule has 2 heterocycles. The molecule has 0 aliphatic heterocycles. The number of nitrogens with two attached hydrogens (primary N) is 2. The van der Waals surface area contributed by atoms with Crippen LogP contribution >= 0.6 is 11.3 Å². The Morgan fingerprint density at radius 1 is 1.19 bits per heavy atom. The molecule has 7 heteroatoms. The van der Waals surface area contributed by atoms with Crippen LogP contribution in [0.2, 0.25) is 0 Å². The molecule has 160 valence electrons. The summed E-state index contributed by atoms with van der Waals surface area (Å²) in [5, 5.41) is 13.6. The topological polar surface area (TPSA) is 118 Å². The van der Waals surface area contributed by atoms with Crippen LogP contribution in [-0.4, -0.2) is 16.9 Å². The number of nitriles is 1. The van der Waals surface area contributed by atoms with Crippen molar-refractivity contribution >= 4 is 39.0 Å². The Balaban J connectivity index is 1.83. The van der Waals surface area contributed by atoms with E-state index < -0.39 is 0 Å². The van der Waals surface area contributed by atoms with Crippen molar-refractivity contribution in [2.45, 2.75) is 57.9 Å². The Labute approximate surface area is 186 Å². The highest BCUT2D eigenvalue weighted by atomic mass is 32.1. The molecule has 1 aliphatic rings. The summed E-state index contributed by atoms with van der Waals surface area (Å²) in [4.78, 5) is 18.4.